The molecular formula is C17H22ClNO4. The topological polar surface area (TPSA) is 64.6 Å². The fraction of sp³-hybridized carbons (Fsp3) is 0.529. The zero-order valence-electron chi connectivity index (χ0n) is 13.2. The van der Waals surface area contributed by atoms with Gasteiger partial charge < -0.3 is 14.8 Å². The number of hydrogen-bond acceptors (Lipinski definition) is 4. The van der Waals surface area contributed by atoms with Crippen molar-refractivity contribution in [1.82, 2.24) is 5.32 Å². The quantitative estimate of drug-likeness (QED) is 0.809. The molecule has 0 unspecified atom stereocenters. The number of carbonyl (C=O) groups is 2. The van der Waals surface area contributed by atoms with Gasteiger partial charge in [-0.1, -0.05) is 43.5 Å². The van der Waals surface area contributed by atoms with Crippen LogP contribution in [-0.4, -0.2) is 31.1 Å². The molecule has 0 spiro atoms. The summed E-state index contributed by atoms with van der Waals surface area (Å²) in [5, 5.41) is 3.35. The van der Waals surface area contributed by atoms with Crippen LogP contribution in [0.1, 0.15) is 32.6 Å². The zero-order valence-corrected chi connectivity index (χ0v) is 14.0. The van der Waals surface area contributed by atoms with Gasteiger partial charge in [0.2, 0.25) is 0 Å². The Balaban J connectivity index is 1.67. The van der Waals surface area contributed by atoms with Crippen LogP contribution in [0.5, 0.6) is 5.75 Å². The van der Waals surface area contributed by atoms with Crippen LogP contribution in [0.2, 0.25) is 5.02 Å². The summed E-state index contributed by atoms with van der Waals surface area (Å²) in [4.78, 5) is 23.5. The van der Waals surface area contributed by atoms with E-state index in [0.717, 1.165) is 19.3 Å². The van der Waals surface area contributed by atoms with Crippen LogP contribution < -0.4 is 10.1 Å². The third kappa shape index (κ3) is 5.75. The van der Waals surface area contributed by atoms with Gasteiger partial charge in [-0.15, -0.1) is 0 Å². The molecule has 2 rings (SSSR count). The number of hydrogen-bond donors (Lipinski definition) is 1. The molecule has 1 N–H and O–H groups in total. The van der Waals surface area contributed by atoms with Crippen molar-refractivity contribution in [2.45, 2.75) is 38.6 Å². The summed E-state index contributed by atoms with van der Waals surface area (Å²) in [7, 11) is 0. The van der Waals surface area contributed by atoms with Crippen LogP contribution in [0.15, 0.2) is 24.3 Å². The Morgan fingerprint density at radius 2 is 1.96 bits per heavy atom. The van der Waals surface area contributed by atoms with Gasteiger partial charge in [0, 0.05) is 6.04 Å². The molecule has 1 fully saturated rings. The summed E-state index contributed by atoms with van der Waals surface area (Å²) in [5.74, 6) is 0.00478. The van der Waals surface area contributed by atoms with Gasteiger partial charge in [0.1, 0.15) is 5.75 Å². The predicted octanol–water partition coefficient (Wildman–Crippen LogP) is 2.96. The molecule has 1 aliphatic rings. The lowest BCUT2D eigenvalue weighted by molar-refractivity contribution is -0.150. The Morgan fingerprint density at radius 3 is 2.70 bits per heavy atom. The van der Waals surface area contributed by atoms with Gasteiger partial charge in [-0.2, -0.15) is 0 Å². The molecular weight excluding hydrogens is 318 g/mol. The minimum Gasteiger partial charge on any atom is -0.480 e. The normalized spacial score (nSPS) is 20.6. The lowest BCUT2D eigenvalue weighted by Gasteiger charge is -2.29. The first-order valence-electron chi connectivity index (χ1n) is 7.88. The minimum absolute atomic E-state index is 0.175. The number of halogens is 1. The maximum absolute atomic E-state index is 11.8. The van der Waals surface area contributed by atoms with E-state index in [-0.39, 0.29) is 25.2 Å². The average Bonchev–Trinajstić information content (AvgIpc) is 2.54. The maximum atomic E-state index is 11.8. The molecule has 126 valence electrons. The smallest absolute Gasteiger partial charge is 0.344 e. The van der Waals surface area contributed by atoms with E-state index in [1.165, 1.54) is 6.42 Å². The number of amides is 1. The molecule has 0 saturated heterocycles. The van der Waals surface area contributed by atoms with Crippen molar-refractivity contribution in [3.8, 4) is 5.75 Å². The molecule has 5 nitrogen and oxygen atoms in total. The van der Waals surface area contributed by atoms with Gasteiger partial charge in [-0.3, -0.25) is 4.79 Å². The highest BCUT2D eigenvalue weighted by Crippen LogP contribution is 2.24. The number of para-hydroxylation sites is 1. The average molecular weight is 340 g/mol. The van der Waals surface area contributed by atoms with Crippen molar-refractivity contribution >= 4 is 23.5 Å². The van der Waals surface area contributed by atoms with Crippen molar-refractivity contribution in [3.05, 3.63) is 29.3 Å². The second kappa shape index (κ2) is 8.77. The second-order valence-corrected chi connectivity index (χ2v) is 6.22. The molecule has 1 aromatic rings. The zero-order chi connectivity index (χ0) is 16.7. The molecule has 6 heteroatoms. The van der Waals surface area contributed by atoms with Crippen LogP contribution in [0.4, 0.5) is 0 Å². The first-order chi connectivity index (χ1) is 11.1. The lowest BCUT2D eigenvalue weighted by Crippen LogP contribution is -2.43. The van der Waals surface area contributed by atoms with Gasteiger partial charge in [-0.05, 0) is 30.9 Å². The van der Waals surface area contributed by atoms with Gasteiger partial charge in [-0.25, -0.2) is 4.79 Å². The summed E-state index contributed by atoms with van der Waals surface area (Å²) in [6.45, 7) is 1.57. The minimum atomic E-state index is -0.600. The summed E-state index contributed by atoms with van der Waals surface area (Å²) in [6, 6.07) is 7.03. The molecule has 1 amide bonds. The van der Waals surface area contributed by atoms with E-state index in [0.29, 0.717) is 16.7 Å². The molecule has 23 heavy (non-hydrogen) atoms. The van der Waals surface area contributed by atoms with Crippen molar-refractivity contribution in [3.63, 3.8) is 0 Å². The van der Waals surface area contributed by atoms with Gasteiger partial charge in [0.15, 0.2) is 13.2 Å². The standard InChI is InChI=1S/C17H22ClNO4/c1-12-6-2-4-8-14(12)19-16(20)10-23-17(21)11-22-15-9-5-3-7-13(15)18/h3,5,7,9,12,14H,2,4,6,8,10-11H2,1H3,(H,19,20)/t12-,14-/m1/s1. The van der Waals surface area contributed by atoms with Crippen molar-refractivity contribution in [2.75, 3.05) is 13.2 Å². The number of ether oxygens (including phenoxy) is 2. The Morgan fingerprint density at radius 1 is 1.22 bits per heavy atom. The molecule has 0 aromatic heterocycles. The summed E-state index contributed by atoms with van der Waals surface area (Å²) in [5.41, 5.74) is 0. The largest absolute Gasteiger partial charge is 0.480 e. The van der Waals surface area contributed by atoms with E-state index in [2.05, 4.69) is 12.2 Å². The summed E-state index contributed by atoms with van der Waals surface area (Å²) < 4.78 is 10.2. The monoisotopic (exact) mass is 339 g/mol. The van der Waals surface area contributed by atoms with Crippen LogP contribution in [0.3, 0.4) is 0 Å². The van der Waals surface area contributed by atoms with Gasteiger partial charge >= 0.3 is 5.97 Å². The SMILES string of the molecule is C[C@@H]1CCCC[C@H]1NC(=O)COC(=O)COc1ccccc1Cl. The number of benzene rings is 1. The van der Waals surface area contributed by atoms with E-state index in [1.54, 1.807) is 24.3 Å². The number of rotatable bonds is 6. The fourth-order valence-electron chi connectivity index (χ4n) is 2.67. The fourth-order valence-corrected chi connectivity index (χ4v) is 2.86. The van der Waals surface area contributed by atoms with E-state index >= 15 is 0 Å². The van der Waals surface area contributed by atoms with E-state index in [9.17, 15) is 9.59 Å². The van der Waals surface area contributed by atoms with Crippen LogP contribution in [0.25, 0.3) is 0 Å². The van der Waals surface area contributed by atoms with Crippen molar-refractivity contribution in [2.24, 2.45) is 5.92 Å². The van der Waals surface area contributed by atoms with Crippen molar-refractivity contribution < 1.29 is 19.1 Å². The Labute approximate surface area is 141 Å². The maximum Gasteiger partial charge on any atom is 0.344 e. The van der Waals surface area contributed by atoms with Gasteiger partial charge in [0.25, 0.3) is 5.91 Å². The molecule has 0 heterocycles. The van der Waals surface area contributed by atoms with E-state index in [4.69, 9.17) is 21.1 Å². The van der Waals surface area contributed by atoms with Crippen LogP contribution in [-0.2, 0) is 14.3 Å². The Hall–Kier alpha value is -1.75. The van der Waals surface area contributed by atoms with Crippen molar-refractivity contribution in [1.29, 1.82) is 0 Å². The number of nitrogens with one attached hydrogen (secondary N) is 1. The highest BCUT2D eigenvalue weighted by Gasteiger charge is 2.23. The van der Waals surface area contributed by atoms with E-state index < -0.39 is 5.97 Å². The molecule has 0 radical (unpaired) electrons. The first kappa shape index (κ1) is 17.6. The summed E-state index contributed by atoms with van der Waals surface area (Å²) >= 11 is 5.92. The van der Waals surface area contributed by atoms with Gasteiger partial charge in [0.05, 0.1) is 5.02 Å². The van der Waals surface area contributed by atoms with E-state index in [1.807, 2.05) is 0 Å². The number of carbonyl (C=O) groups excluding carboxylic acids is 2. The Kier molecular flexibility index (Phi) is 6.71. The second-order valence-electron chi connectivity index (χ2n) is 5.82. The predicted molar refractivity (Wildman–Crippen MR) is 87.5 cm³/mol. The first-order valence-corrected chi connectivity index (χ1v) is 8.26. The molecule has 0 bridgehead atoms. The van der Waals surface area contributed by atoms with Crippen LogP contribution in [0, 0.1) is 5.92 Å². The third-order valence-electron chi connectivity index (χ3n) is 4.00. The highest BCUT2D eigenvalue weighted by atomic mass is 35.5. The number of esters is 1. The summed E-state index contributed by atoms with van der Waals surface area (Å²) in [6.07, 6.45) is 4.44. The third-order valence-corrected chi connectivity index (χ3v) is 4.32. The molecule has 0 aliphatic heterocycles. The lowest BCUT2D eigenvalue weighted by atomic mass is 9.86. The highest BCUT2D eigenvalue weighted by molar-refractivity contribution is 6.32. The molecule has 2 atom stereocenters. The molecule has 1 aliphatic carbocycles. The molecule has 1 aromatic carbocycles. The van der Waals surface area contributed by atoms with Crippen LogP contribution >= 0.6 is 11.6 Å². The molecule has 1 saturated carbocycles. The Bertz CT molecular complexity index is 549.